The topological polar surface area (TPSA) is 3.24 Å². The Morgan fingerprint density at radius 2 is 0.865 bits per heavy atom. The van der Waals surface area contributed by atoms with Crippen LogP contribution < -0.4 is 4.90 Å². The monoisotopic (exact) mass is 679 g/mol. The van der Waals surface area contributed by atoms with Crippen LogP contribution in [0.1, 0.15) is 0 Å². The molecule has 0 amide bonds. The molecule has 10 rings (SSSR count). The largest absolute Gasteiger partial charge is 0.310 e. The fourth-order valence-corrected chi connectivity index (χ4v) is 9.07. The van der Waals surface area contributed by atoms with E-state index >= 15 is 0 Å². The first-order valence-electron chi connectivity index (χ1n) is 17.8. The average molecular weight is 680 g/mol. The third-order valence-corrected chi connectivity index (χ3v) is 11.5. The van der Waals surface area contributed by atoms with E-state index in [9.17, 15) is 0 Å². The molecule has 0 unspecified atom stereocenters. The first kappa shape index (κ1) is 30.4. The number of para-hydroxylation sites is 1. The van der Waals surface area contributed by atoms with Crippen LogP contribution in [0.5, 0.6) is 0 Å². The van der Waals surface area contributed by atoms with E-state index in [1.54, 1.807) is 0 Å². The second-order valence-corrected chi connectivity index (χ2v) is 14.3. The molecule has 0 spiro atoms. The van der Waals surface area contributed by atoms with Gasteiger partial charge in [-0.1, -0.05) is 164 Å². The molecule has 0 atom stereocenters. The summed E-state index contributed by atoms with van der Waals surface area (Å²) in [4.78, 5) is 2.43. The van der Waals surface area contributed by atoms with E-state index in [1.807, 2.05) is 11.3 Å². The molecule has 1 nitrogen and oxygen atoms in total. The first-order chi connectivity index (χ1) is 25.8. The van der Waals surface area contributed by atoms with E-state index in [2.05, 4.69) is 205 Å². The van der Waals surface area contributed by atoms with Gasteiger partial charge in [-0.2, -0.15) is 0 Å². The molecule has 52 heavy (non-hydrogen) atoms. The van der Waals surface area contributed by atoms with E-state index in [-0.39, 0.29) is 0 Å². The molecule has 0 aliphatic rings. The van der Waals surface area contributed by atoms with Gasteiger partial charge in [0.1, 0.15) is 0 Å². The molecule has 1 heterocycles. The van der Waals surface area contributed by atoms with Gasteiger partial charge in [0, 0.05) is 42.7 Å². The van der Waals surface area contributed by atoms with Gasteiger partial charge in [0.05, 0.1) is 5.69 Å². The maximum Gasteiger partial charge on any atom is 0.0540 e. The summed E-state index contributed by atoms with van der Waals surface area (Å²) in [5.74, 6) is 0. The Balaban J connectivity index is 1.18. The highest BCUT2D eigenvalue weighted by Crippen LogP contribution is 2.46. The highest BCUT2D eigenvalue weighted by Gasteiger charge is 2.20. The summed E-state index contributed by atoms with van der Waals surface area (Å²) >= 11 is 1.88. The van der Waals surface area contributed by atoms with Crippen molar-refractivity contribution >= 4 is 70.1 Å². The van der Waals surface area contributed by atoms with Crippen LogP contribution >= 0.6 is 11.3 Å². The lowest BCUT2D eigenvalue weighted by Crippen LogP contribution is -2.11. The smallest absolute Gasteiger partial charge is 0.0540 e. The third-order valence-electron chi connectivity index (χ3n) is 10.3. The van der Waals surface area contributed by atoms with Crippen molar-refractivity contribution in [2.75, 3.05) is 4.90 Å². The van der Waals surface area contributed by atoms with Crippen molar-refractivity contribution in [3.05, 3.63) is 200 Å². The molecule has 244 valence electrons. The van der Waals surface area contributed by atoms with Crippen molar-refractivity contribution < 1.29 is 0 Å². The van der Waals surface area contributed by atoms with Crippen molar-refractivity contribution in [3.63, 3.8) is 0 Å². The molecule has 10 aromatic rings. The lowest BCUT2D eigenvalue weighted by Gasteiger charge is -2.28. The van der Waals surface area contributed by atoms with E-state index < -0.39 is 0 Å². The van der Waals surface area contributed by atoms with Gasteiger partial charge < -0.3 is 4.90 Å². The molecule has 1 aromatic heterocycles. The number of nitrogens with zero attached hydrogens (tertiary/aromatic N) is 1. The molecule has 0 saturated carbocycles. The van der Waals surface area contributed by atoms with Crippen LogP contribution in [-0.4, -0.2) is 0 Å². The zero-order valence-electron chi connectivity index (χ0n) is 28.4. The summed E-state index contributed by atoms with van der Waals surface area (Å²) in [5, 5.41) is 7.62. The highest BCUT2D eigenvalue weighted by molar-refractivity contribution is 7.26. The number of rotatable bonds is 6. The maximum absolute atomic E-state index is 2.43. The van der Waals surface area contributed by atoms with E-state index in [0.29, 0.717) is 0 Å². The molecule has 0 radical (unpaired) electrons. The fraction of sp³-hybridized carbons (Fsp3) is 0. The average Bonchev–Trinajstić information content (AvgIpc) is 3.60. The quantitative estimate of drug-likeness (QED) is 0.169. The molecule has 0 bridgehead atoms. The summed E-state index contributed by atoms with van der Waals surface area (Å²) in [6, 6.07) is 72.9. The van der Waals surface area contributed by atoms with Gasteiger partial charge in [-0.3, -0.25) is 0 Å². The van der Waals surface area contributed by atoms with Crippen LogP contribution in [-0.2, 0) is 0 Å². The molecule has 2 heteroatoms. The minimum absolute atomic E-state index is 1.11. The summed E-state index contributed by atoms with van der Waals surface area (Å²) in [5.41, 5.74) is 10.7. The number of hydrogen-bond acceptors (Lipinski definition) is 2. The van der Waals surface area contributed by atoms with Gasteiger partial charge in [-0.05, 0) is 80.2 Å². The number of benzene rings is 9. The Morgan fingerprint density at radius 1 is 0.327 bits per heavy atom. The van der Waals surface area contributed by atoms with Crippen molar-refractivity contribution in [1.82, 2.24) is 0 Å². The summed E-state index contributed by atoms with van der Waals surface area (Å²) in [6.07, 6.45) is 0. The van der Waals surface area contributed by atoms with Gasteiger partial charge >= 0.3 is 0 Å². The minimum atomic E-state index is 1.11. The maximum atomic E-state index is 2.43. The van der Waals surface area contributed by atoms with Crippen LogP contribution in [0, 0.1) is 0 Å². The zero-order valence-corrected chi connectivity index (χ0v) is 29.2. The van der Waals surface area contributed by atoms with Crippen LogP contribution in [0.4, 0.5) is 17.1 Å². The van der Waals surface area contributed by atoms with Crippen molar-refractivity contribution in [1.29, 1.82) is 0 Å². The number of anilines is 3. The van der Waals surface area contributed by atoms with E-state index in [4.69, 9.17) is 0 Å². The Kier molecular flexibility index (Phi) is 7.41. The van der Waals surface area contributed by atoms with E-state index in [0.717, 1.165) is 17.1 Å². The summed E-state index contributed by atoms with van der Waals surface area (Å²) in [6.45, 7) is 0. The molecule has 0 fully saturated rings. The Bertz CT molecular complexity index is 2910. The number of fused-ring (bicyclic) bond motifs is 5. The van der Waals surface area contributed by atoms with Gasteiger partial charge in [-0.25, -0.2) is 0 Å². The standard InChI is InChI=1S/C50H33NS/c1-3-19-40-34(13-1)15-10-23-42(40)36-29-31-38(32-30-36)51(39-18-9-17-37(33-39)43-24-11-16-35-14-2-4-20-41(35)43)48-27-7-5-21-44(48)46-25-12-26-47-45-22-6-8-28-49(45)52-50(46)47/h1-33H. The number of hydrogen-bond donors (Lipinski definition) is 0. The Labute approximate surface area is 307 Å². The van der Waals surface area contributed by atoms with Gasteiger partial charge in [0.2, 0.25) is 0 Å². The van der Waals surface area contributed by atoms with Gasteiger partial charge in [-0.15, -0.1) is 11.3 Å². The summed E-state index contributed by atoms with van der Waals surface area (Å²) < 4.78 is 2.62. The molecule has 0 aliphatic carbocycles. The minimum Gasteiger partial charge on any atom is -0.310 e. The number of thiophene rings is 1. The van der Waals surface area contributed by atoms with Crippen LogP contribution in [0.3, 0.4) is 0 Å². The van der Waals surface area contributed by atoms with Gasteiger partial charge in [0.15, 0.2) is 0 Å². The Morgan fingerprint density at radius 3 is 1.63 bits per heavy atom. The second kappa shape index (κ2) is 12.7. The van der Waals surface area contributed by atoms with Crippen LogP contribution in [0.25, 0.3) is 75.1 Å². The Hall–Kier alpha value is -6.48. The summed E-state index contributed by atoms with van der Waals surface area (Å²) in [7, 11) is 0. The molecule has 0 N–H and O–H groups in total. The zero-order chi connectivity index (χ0) is 34.4. The lowest BCUT2D eigenvalue weighted by molar-refractivity contribution is 1.28. The molecular formula is C50H33NS. The van der Waals surface area contributed by atoms with Crippen molar-refractivity contribution in [3.8, 4) is 33.4 Å². The van der Waals surface area contributed by atoms with Crippen molar-refractivity contribution in [2.45, 2.75) is 0 Å². The molecule has 0 aliphatic heterocycles. The molecular weight excluding hydrogens is 647 g/mol. The van der Waals surface area contributed by atoms with Gasteiger partial charge in [0.25, 0.3) is 0 Å². The SMILES string of the molecule is c1cc(-c2cccc3ccccc23)cc(N(c2ccc(-c3cccc4ccccc34)cc2)c2ccccc2-c2cccc3c2sc2ccccc23)c1. The predicted molar refractivity (Wildman–Crippen MR) is 225 cm³/mol. The normalized spacial score (nSPS) is 11.5. The second-order valence-electron chi connectivity index (χ2n) is 13.3. The fourth-order valence-electron chi connectivity index (χ4n) is 7.84. The highest BCUT2D eigenvalue weighted by atomic mass is 32.1. The third kappa shape index (κ3) is 5.16. The van der Waals surface area contributed by atoms with E-state index in [1.165, 1.54) is 75.1 Å². The van der Waals surface area contributed by atoms with Crippen molar-refractivity contribution in [2.24, 2.45) is 0 Å². The molecule has 0 saturated heterocycles. The first-order valence-corrected chi connectivity index (χ1v) is 18.6. The lowest BCUT2D eigenvalue weighted by atomic mass is 9.96. The predicted octanol–water partition coefficient (Wildman–Crippen LogP) is 14.8. The molecule has 9 aromatic carbocycles. The van der Waals surface area contributed by atoms with Crippen LogP contribution in [0.15, 0.2) is 200 Å². The van der Waals surface area contributed by atoms with Crippen LogP contribution in [0.2, 0.25) is 0 Å².